The number of rotatable bonds is 2. The van der Waals surface area contributed by atoms with Crippen LogP contribution in [0.25, 0.3) is 59.2 Å². The van der Waals surface area contributed by atoms with Gasteiger partial charge in [-0.3, -0.25) is 4.57 Å². The summed E-state index contributed by atoms with van der Waals surface area (Å²) in [6, 6.07) is 36.3. The van der Waals surface area contributed by atoms with Crippen LogP contribution in [-0.4, -0.2) is 4.57 Å². The summed E-state index contributed by atoms with van der Waals surface area (Å²) < 4.78 is 11.3. The van der Waals surface area contributed by atoms with E-state index in [2.05, 4.69) is 102 Å². The van der Waals surface area contributed by atoms with Gasteiger partial charge in [-0.05, 0) is 41.5 Å². The van der Waals surface area contributed by atoms with E-state index in [1.807, 2.05) is 17.4 Å². The average molecular weight is 416 g/mol. The summed E-state index contributed by atoms with van der Waals surface area (Å²) in [5.74, 6) is 0. The zero-order valence-corrected chi connectivity index (χ0v) is 17.4. The zero-order chi connectivity index (χ0) is 20.4. The monoisotopic (exact) mass is 415 g/mol. The molecule has 0 unspecified atom stereocenters. The van der Waals surface area contributed by atoms with Crippen LogP contribution >= 0.6 is 11.3 Å². The van der Waals surface area contributed by atoms with Crippen LogP contribution in [-0.2, 0) is 0 Å². The van der Waals surface area contributed by atoms with Crippen molar-refractivity contribution in [2.75, 3.05) is 0 Å². The molecule has 0 spiro atoms. The number of furan rings is 1. The van der Waals surface area contributed by atoms with E-state index in [0.29, 0.717) is 0 Å². The number of thiophene rings is 1. The van der Waals surface area contributed by atoms with E-state index in [1.165, 1.54) is 42.2 Å². The highest BCUT2D eigenvalue weighted by molar-refractivity contribution is 7.26. The molecule has 2 nitrogen and oxygen atoms in total. The molecular weight excluding hydrogens is 398 g/mol. The van der Waals surface area contributed by atoms with E-state index in [-0.39, 0.29) is 0 Å². The smallest absolute Gasteiger partial charge is 0.214 e. The Labute approximate surface area is 182 Å². The lowest BCUT2D eigenvalue weighted by molar-refractivity contribution is 0.649. The molecule has 0 aliphatic carbocycles. The Morgan fingerprint density at radius 2 is 1.29 bits per heavy atom. The molecule has 3 heteroatoms. The van der Waals surface area contributed by atoms with E-state index < -0.39 is 0 Å². The van der Waals surface area contributed by atoms with Crippen molar-refractivity contribution in [2.45, 2.75) is 0 Å². The van der Waals surface area contributed by atoms with Crippen molar-refractivity contribution in [1.29, 1.82) is 0 Å². The first-order valence-electron chi connectivity index (χ1n) is 10.4. The van der Waals surface area contributed by atoms with Crippen molar-refractivity contribution >= 4 is 53.7 Å². The predicted molar refractivity (Wildman–Crippen MR) is 131 cm³/mol. The second kappa shape index (κ2) is 6.34. The lowest BCUT2D eigenvalue weighted by Crippen LogP contribution is -1.93. The maximum Gasteiger partial charge on any atom is 0.214 e. The highest BCUT2D eigenvalue weighted by Gasteiger charge is 2.21. The minimum absolute atomic E-state index is 0.917. The number of hydrogen-bond acceptors (Lipinski definition) is 2. The largest absolute Gasteiger partial charge is 0.438 e. The molecule has 0 saturated carbocycles. The van der Waals surface area contributed by atoms with Crippen LogP contribution in [0.15, 0.2) is 108 Å². The SMILES string of the molecule is c1ccc(-c2ccc(-n3c4ccccc4c4c5sc6ccccc6c5oc43)cc2)cc1. The van der Waals surface area contributed by atoms with Gasteiger partial charge in [-0.2, -0.15) is 0 Å². The third-order valence-electron chi connectivity index (χ3n) is 6.04. The van der Waals surface area contributed by atoms with Gasteiger partial charge in [0.05, 0.1) is 15.6 Å². The molecular formula is C28H17NOS. The van der Waals surface area contributed by atoms with Crippen LogP contribution in [0.2, 0.25) is 0 Å². The van der Waals surface area contributed by atoms with Gasteiger partial charge in [0, 0.05) is 21.2 Å². The van der Waals surface area contributed by atoms with Gasteiger partial charge in [0.1, 0.15) is 0 Å². The predicted octanol–water partition coefficient (Wildman–Crippen LogP) is 8.41. The highest BCUT2D eigenvalue weighted by atomic mass is 32.1. The van der Waals surface area contributed by atoms with Crippen LogP contribution in [0.4, 0.5) is 0 Å². The summed E-state index contributed by atoms with van der Waals surface area (Å²) in [5, 5.41) is 3.63. The molecule has 0 amide bonds. The van der Waals surface area contributed by atoms with E-state index in [0.717, 1.165) is 17.0 Å². The zero-order valence-electron chi connectivity index (χ0n) is 16.6. The second-order valence-electron chi connectivity index (χ2n) is 7.80. The standard InChI is InChI=1S/C28H17NOS/c1-2-8-18(9-3-1)19-14-16-20(17-15-19)29-23-12-6-4-10-21(23)25-27-26(30-28(25)29)22-11-5-7-13-24(22)31-27/h1-17H. The molecule has 7 rings (SSSR count). The number of nitrogens with zero attached hydrogens (tertiary/aromatic N) is 1. The Kier molecular flexibility index (Phi) is 3.46. The molecule has 3 heterocycles. The molecule has 146 valence electrons. The Morgan fingerprint density at radius 1 is 0.613 bits per heavy atom. The lowest BCUT2D eigenvalue weighted by Gasteiger charge is -2.08. The van der Waals surface area contributed by atoms with E-state index in [9.17, 15) is 0 Å². The molecule has 0 aliphatic heterocycles. The van der Waals surface area contributed by atoms with Gasteiger partial charge in [-0.15, -0.1) is 11.3 Å². The van der Waals surface area contributed by atoms with Gasteiger partial charge in [-0.25, -0.2) is 0 Å². The van der Waals surface area contributed by atoms with Crippen molar-refractivity contribution in [3.63, 3.8) is 0 Å². The van der Waals surface area contributed by atoms with Crippen molar-refractivity contribution in [3.8, 4) is 16.8 Å². The number of para-hydroxylation sites is 1. The fourth-order valence-corrected chi connectivity index (χ4v) is 5.79. The summed E-state index contributed by atoms with van der Waals surface area (Å²) in [4.78, 5) is 0. The van der Waals surface area contributed by atoms with Crippen molar-refractivity contribution in [2.24, 2.45) is 0 Å². The molecule has 7 aromatic rings. The maximum atomic E-state index is 6.56. The molecule has 0 saturated heterocycles. The van der Waals surface area contributed by atoms with Gasteiger partial charge in [0.2, 0.25) is 5.71 Å². The van der Waals surface area contributed by atoms with Gasteiger partial charge in [0.15, 0.2) is 5.58 Å². The van der Waals surface area contributed by atoms with E-state index in [4.69, 9.17) is 4.42 Å². The van der Waals surface area contributed by atoms with Crippen LogP contribution < -0.4 is 0 Å². The fourth-order valence-electron chi connectivity index (χ4n) is 4.61. The van der Waals surface area contributed by atoms with Crippen molar-refractivity contribution in [1.82, 2.24) is 4.57 Å². The number of benzene rings is 4. The quantitative estimate of drug-likeness (QED) is 0.277. The number of hydrogen-bond donors (Lipinski definition) is 0. The molecule has 3 aromatic heterocycles. The summed E-state index contributed by atoms with van der Waals surface area (Å²) >= 11 is 1.81. The fraction of sp³-hybridized carbons (Fsp3) is 0. The molecule has 0 radical (unpaired) electrons. The topological polar surface area (TPSA) is 18.1 Å². The molecule has 0 N–H and O–H groups in total. The molecule has 31 heavy (non-hydrogen) atoms. The summed E-state index contributed by atoms with van der Waals surface area (Å²) in [6.45, 7) is 0. The molecule has 4 aromatic carbocycles. The van der Waals surface area contributed by atoms with Crippen LogP contribution in [0, 0.1) is 0 Å². The summed E-state index contributed by atoms with van der Waals surface area (Å²) in [6.07, 6.45) is 0. The Hall–Kier alpha value is -3.82. The Balaban J connectivity index is 1.52. The van der Waals surface area contributed by atoms with Gasteiger partial charge < -0.3 is 4.42 Å². The first-order chi connectivity index (χ1) is 15.4. The highest BCUT2D eigenvalue weighted by Crippen LogP contribution is 2.45. The minimum Gasteiger partial charge on any atom is -0.438 e. The van der Waals surface area contributed by atoms with Crippen LogP contribution in [0.1, 0.15) is 0 Å². The van der Waals surface area contributed by atoms with Gasteiger partial charge in [-0.1, -0.05) is 72.8 Å². The number of aromatic nitrogens is 1. The van der Waals surface area contributed by atoms with E-state index >= 15 is 0 Å². The maximum absolute atomic E-state index is 6.56. The number of fused-ring (bicyclic) bond motifs is 7. The van der Waals surface area contributed by atoms with Crippen LogP contribution in [0.5, 0.6) is 0 Å². The normalized spacial score (nSPS) is 11.9. The van der Waals surface area contributed by atoms with Crippen molar-refractivity contribution in [3.05, 3.63) is 103 Å². The second-order valence-corrected chi connectivity index (χ2v) is 8.86. The molecule has 0 fully saturated rings. The van der Waals surface area contributed by atoms with Gasteiger partial charge in [0.25, 0.3) is 0 Å². The Bertz CT molecular complexity index is 1720. The Morgan fingerprint density at radius 3 is 2.13 bits per heavy atom. The lowest BCUT2D eigenvalue weighted by atomic mass is 10.1. The van der Waals surface area contributed by atoms with Crippen molar-refractivity contribution < 1.29 is 4.42 Å². The average Bonchev–Trinajstić information content (AvgIpc) is 3.47. The molecule has 0 aliphatic rings. The molecule has 0 atom stereocenters. The summed E-state index contributed by atoms with van der Waals surface area (Å²) in [5.41, 5.74) is 6.62. The van der Waals surface area contributed by atoms with Gasteiger partial charge >= 0.3 is 0 Å². The first kappa shape index (κ1) is 16.9. The third kappa shape index (κ3) is 2.38. The van der Waals surface area contributed by atoms with E-state index in [1.54, 1.807) is 0 Å². The van der Waals surface area contributed by atoms with Crippen LogP contribution in [0.3, 0.4) is 0 Å². The minimum atomic E-state index is 0.917. The first-order valence-corrected chi connectivity index (χ1v) is 11.2. The third-order valence-corrected chi connectivity index (χ3v) is 7.21. The molecule has 0 bridgehead atoms. The summed E-state index contributed by atoms with van der Waals surface area (Å²) in [7, 11) is 0.